The van der Waals surface area contributed by atoms with E-state index in [4.69, 9.17) is 5.73 Å². The van der Waals surface area contributed by atoms with Gasteiger partial charge in [0.05, 0.1) is 0 Å². The lowest BCUT2D eigenvalue weighted by molar-refractivity contribution is 0.139. The summed E-state index contributed by atoms with van der Waals surface area (Å²) in [5.74, 6) is 0.660. The first-order valence-electron chi connectivity index (χ1n) is 6.25. The van der Waals surface area contributed by atoms with Gasteiger partial charge in [0.15, 0.2) is 0 Å². The molecule has 4 nitrogen and oxygen atoms in total. The zero-order valence-corrected chi connectivity index (χ0v) is 10.8. The van der Waals surface area contributed by atoms with Gasteiger partial charge in [-0.1, -0.05) is 6.07 Å². The molecule has 0 aromatic carbocycles. The quantitative estimate of drug-likeness (QED) is 0.853. The monoisotopic (exact) mass is 234 g/mol. The number of nitrogens with zero attached hydrogens (tertiary/aromatic N) is 3. The summed E-state index contributed by atoms with van der Waals surface area (Å²) in [7, 11) is 4.37. The SMILES string of the molecule is CN1CCC(N(C)Cc2cccnc2N)CC1. The number of nitrogens with two attached hydrogens (primary N) is 1. The molecular weight excluding hydrogens is 212 g/mol. The highest BCUT2D eigenvalue weighted by atomic mass is 15.2. The van der Waals surface area contributed by atoms with Crippen molar-refractivity contribution in [3.63, 3.8) is 0 Å². The lowest BCUT2D eigenvalue weighted by Crippen LogP contribution is -2.41. The van der Waals surface area contributed by atoms with Crippen molar-refractivity contribution in [2.24, 2.45) is 0 Å². The van der Waals surface area contributed by atoms with Crippen LogP contribution in [-0.2, 0) is 6.54 Å². The van der Waals surface area contributed by atoms with E-state index in [9.17, 15) is 0 Å². The van der Waals surface area contributed by atoms with Gasteiger partial charge in [0.25, 0.3) is 0 Å². The molecule has 1 aliphatic heterocycles. The Morgan fingerprint density at radius 3 is 2.82 bits per heavy atom. The molecule has 94 valence electrons. The Bertz CT molecular complexity index is 358. The third kappa shape index (κ3) is 3.17. The molecule has 0 radical (unpaired) electrons. The number of hydrogen-bond donors (Lipinski definition) is 1. The van der Waals surface area contributed by atoms with Gasteiger partial charge < -0.3 is 10.6 Å². The molecular formula is C13H22N4. The largest absolute Gasteiger partial charge is 0.383 e. The third-order valence-corrected chi connectivity index (χ3v) is 3.66. The van der Waals surface area contributed by atoms with E-state index in [1.165, 1.54) is 25.9 Å². The second-order valence-electron chi connectivity index (χ2n) is 5.00. The first kappa shape index (κ1) is 12.3. The summed E-state index contributed by atoms with van der Waals surface area (Å²) in [5, 5.41) is 0. The van der Waals surface area contributed by atoms with Crippen LogP contribution in [0.2, 0.25) is 0 Å². The van der Waals surface area contributed by atoms with Crippen molar-refractivity contribution in [2.75, 3.05) is 32.9 Å². The Morgan fingerprint density at radius 2 is 2.18 bits per heavy atom. The summed E-state index contributed by atoms with van der Waals surface area (Å²) < 4.78 is 0. The van der Waals surface area contributed by atoms with Crippen LogP contribution in [0.1, 0.15) is 18.4 Å². The Labute approximate surface area is 103 Å². The van der Waals surface area contributed by atoms with Crippen LogP contribution in [0.4, 0.5) is 5.82 Å². The van der Waals surface area contributed by atoms with Crippen molar-refractivity contribution in [1.82, 2.24) is 14.8 Å². The third-order valence-electron chi connectivity index (χ3n) is 3.66. The smallest absolute Gasteiger partial charge is 0.127 e. The van der Waals surface area contributed by atoms with Crippen LogP contribution < -0.4 is 5.73 Å². The van der Waals surface area contributed by atoms with Crippen LogP contribution in [0.25, 0.3) is 0 Å². The molecule has 1 aliphatic rings. The number of hydrogen-bond acceptors (Lipinski definition) is 4. The highest BCUT2D eigenvalue weighted by molar-refractivity contribution is 5.38. The van der Waals surface area contributed by atoms with E-state index in [0.29, 0.717) is 11.9 Å². The fraction of sp³-hybridized carbons (Fsp3) is 0.615. The number of piperidine rings is 1. The van der Waals surface area contributed by atoms with Gasteiger partial charge in [-0.15, -0.1) is 0 Å². The van der Waals surface area contributed by atoms with E-state index in [1.54, 1.807) is 6.20 Å². The molecule has 2 N–H and O–H groups in total. The van der Waals surface area contributed by atoms with Crippen LogP contribution in [0, 0.1) is 0 Å². The van der Waals surface area contributed by atoms with Crippen molar-refractivity contribution in [3.05, 3.63) is 23.9 Å². The van der Waals surface area contributed by atoms with E-state index in [-0.39, 0.29) is 0 Å². The molecule has 1 aromatic heterocycles. The molecule has 0 spiro atoms. The topological polar surface area (TPSA) is 45.4 Å². The van der Waals surface area contributed by atoms with Crippen molar-refractivity contribution in [1.29, 1.82) is 0 Å². The van der Waals surface area contributed by atoms with E-state index >= 15 is 0 Å². The van der Waals surface area contributed by atoms with Gasteiger partial charge in [-0.3, -0.25) is 4.90 Å². The minimum absolute atomic E-state index is 0.660. The minimum atomic E-state index is 0.660. The fourth-order valence-corrected chi connectivity index (χ4v) is 2.42. The molecule has 17 heavy (non-hydrogen) atoms. The molecule has 4 heteroatoms. The highest BCUT2D eigenvalue weighted by Crippen LogP contribution is 2.18. The number of likely N-dealkylation sites (tertiary alicyclic amines) is 1. The molecule has 1 fully saturated rings. The van der Waals surface area contributed by atoms with Crippen LogP contribution >= 0.6 is 0 Å². The average molecular weight is 234 g/mol. The summed E-state index contributed by atoms with van der Waals surface area (Å²) in [6.07, 6.45) is 4.23. The van der Waals surface area contributed by atoms with E-state index in [0.717, 1.165) is 12.1 Å². The van der Waals surface area contributed by atoms with Gasteiger partial charge in [-0.25, -0.2) is 4.98 Å². The number of nitrogen functional groups attached to an aromatic ring is 1. The van der Waals surface area contributed by atoms with Gasteiger partial charge in [-0.05, 0) is 46.1 Å². The lowest BCUT2D eigenvalue weighted by Gasteiger charge is -2.35. The van der Waals surface area contributed by atoms with Crippen LogP contribution in [0.15, 0.2) is 18.3 Å². The first-order chi connectivity index (χ1) is 8.16. The molecule has 0 bridgehead atoms. The molecule has 0 unspecified atom stereocenters. The Morgan fingerprint density at radius 1 is 1.47 bits per heavy atom. The van der Waals surface area contributed by atoms with Gasteiger partial charge in [0, 0.05) is 24.3 Å². The van der Waals surface area contributed by atoms with E-state index < -0.39 is 0 Å². The van der Waals surface area contributed by atoms with Crippen molar-refractivity contribution < 1.29 is 0 Å². The van der Waals surface area contributed by atoms with E-state index in [1.807, 2.05) is 6.07 Å². The van der Waals surface area contributed by atoms with Crippen LogP contribution in [-0.4, -0.2) is 48.0 Å². The molecule has 2 heterocycles. The molecule has 1 aromatic rings. The predicted molar refractivity (Wildman–Crippen MR) is 70.6 cm³/mol. The average Bonchev–Trinajstić information content (AvgIpc) is 2.33. The summed E-state index contributed by atoms with van der Waals surface area (Å²) in [4.78, 5) is 8.93. The summed E-state index contributed by atoms with van der Waals surface area (Å²) >= 11 is 0. The van der Waals surface area contributed by atoms with Gasteiger partial charge >= 0.3 is 0 Å². The maximum absolute atomic E-state index is 5.87. The van der Waals surface area contributed by atoms with Crippen molar-refractivity contribution in [2.45, 2.75) is 25.4 Å². The van der Waals surface area contributed by atoms with Gasteiger partial charge in [0.2, 0.25) is 0 Å². The van der Waals surface area contributed by atoms with Crippen LogP contribution in [0.3, 0.4) is 0 Å². The molecule has 2 rings (SSSR count). The molecule has 0 amide bonds. The Hall–Kier alpha value is -1.13. The standard InChI is InChI=1S/C13H22N4/c1-16-8-5-12(6-9-16)17(2)10-11-4-3-7-15-13(11)14/h3-4,7,12H,5-6,8-10H2,1-2H3,(H2,14,15). The zero-order valence-electron chi connectivity index (χ0n) is 10.8. The number of aromatic nitrogens is 1. The Balaban J connectivity index is 1.93. The number of anilines is 1. The zero-order chi connectivity index (χ0) is 12.3. The highest BCUT2D eigenvalue weighted by Gasteiger charge is 2.20. The van der Waals surface area contributed by atoms with Crippen molar-refractivity contribution >= 4 is 5.82 Å². The maximum atomic E-state index is 5.87. The lowest BCUT2D eigenvalue weighted by atomic mass is 10.0. The maximum Gasteiger partial charge on any atom is 0.127 e. The molecule has 0 atom stereocenters. The molecule has 1 saturated heterocycles. The summed E-state index contributed by atoms with van der Waals surface area (Å²) in [6, 6.07) is 4.69. The van der Waals surface area contributed by atoms with Crippen molar-refractivity contribution in [3.8, 4) is 0 Å². The minimum Gasteiger partial charge on any atom is -0.383 e. The summed E-state index contributed by atoms with van der Waals surface area (Å²) in [6.45, 7) is 3.28. The van der Waals surface area contributed by atoms with Crippen LogP contribution in [0.5, 0.6) is 0 Å². The Kier molecular flexibility index (Phi) is 3.97. The van der Waals surface area contributed by atoms with Gasteiger partial charge in [0.1, 0.15) is 5.82 Å². The molecule has 0 aliphatic carbocycles. The summed E-state index contributed by atoms with van der Waals surface area (Å²) in [5.41, 5.74) is 7.01. The second-order valence-corrected chi connectivity index (χ2v) is 5.00. The van der Waals surface area contributed by atoms with Gasteiger partial charge in [-0.2, -0.15) is 0 Å². The molecule has 0 saturated carbocycles. The predicted octanol–water partition coefficient (Wildman–Crippen LogP) is 1.19. The number of rotatable bonds is 3. The first-order valence-corrected chi connectivity index (χ1v) is 6.25. The number of pyridine rings is 1. The normalized spacial score (nSPS) is 18.8. The second kappa shape index (κ2) is 5.47. The fourth-order valence-electron chi connectivity index (χ4n) is 2.42. The van der Waals surface area contributed by atoms with E-state index in [2.05, 4.69) is 34.9 Å².